The van der Waals surface area contributed by atoms with Gasteiger partial charge in [-0.2, -0.15) is 10.2 Å². The van der Waals surface area contributed by atoms with Crippen molar-refractivity contribution in [2.75, 3.05) is 5.32 Å². The van der Waals surface area contributed by atoms with Gasteiger partial charge in [-0.05, 0) is 61.4 Å². The van der Waals surface area contributed by atoms with Crippen LogP contribution in [0.2, 0.25) is 0 Å². The summed E-state index contributed by atoms with van der Waals surface area (Å²) in [4.78, 5) is 24.7. The highest BCUT2D eigenvalue weighted by Gasteiger charge is 2.15. The minimum Gasteiger partial charge on any atom is -0.325 e. The van der Waals surface area contributed by atoms with Gasteiger partial charge in [0.15, 0.2) is 5.82 Å². The minimum absolute atomic E-state index is 0.0782. The number of aryl methyl sites for hydroxylation is 1. The lowest BCUT2D eigenvalue weighted by molar-refractivity contribution is -0.115. The Morgan fingerprint density at radius 3 is 2.69 bits per heavy atom. The smallest absolute Gasteiger partial charge is 0.290 e. The van der Waals surface area contributed by atoms with Crippen LogP contribution in [0.4, 0.5) is 10.1 Å². The van der Waals surface area contributed by atoms with Crippen LogP contribution >= 0.6 is 0 Å². The molecule has 4 aromatic rings. The maximum Gasteiger partial charge on any atom is 0.290 e. The normalized spacial score (nSPS) is 11.0. The summed E-state index contributed by atoms with van der Waals surface area (Å²) >= 11 is 0. The van der Waals surface area contributed by atoms with Crippen molar-refractivity contribution in [1.82, 2.24) is 19.8 Å². The van der Waals surface area contributed by atoms with E-state index < -0.39 is 5.56 Å². The van der Waals surface area contributed by atoms with Gasteiger partial charge in [0.1, 0.15) is 11.3 Å². The van der Waals surface area contributed by atoms with Gasteiger partial charge in [0.2, 0.25) is 5.91 Å². The monoisotopic (exact) mass is 391 g/mol. The van der Waals surface area contributed by atoms with Crippen LogP contribution in [-0.4, -0.2) is 25.7 Å². The van der Waals surface area contributed by atoms with E-state index >= 15 is 0 Å². The molecule has 8 heteroatoms. The second-order valence-electron chi connectivity index (χ2n) is 6.77. The van der Waals surface area contributed by atoms with Crippen LogP contribution in [0, 0.1) is 19.7 Å². The molecule has 0 saturated heterocycles. The van der Waals surface area contributed by atoms with Gasteiger partial charge in [0.05, 0.1) is 12.1 Å². The zero-order chi connectivity index (χ0) is 20.5. The fraction of sp³-hybridized carbons (Fsp3) is 0.143. The molecule has 0 unspecified atom stereocenters. The zero-order valence-corrected chi connectivity index (χ0v) is 15.9. The zero-order valence-electron chi connectivity index (χ0n) is 15.9. The van der Waals surface area contributed by atoms with Crippen molar-refractivity contribution < 1.29 is 9.18 Å². The third-order valence-corrected chi connectivity index (χ3v) is 4.81. The van der Waals surface area contributed by atoms with Crippen LogP contribution in [0.15, 0.2) is 53.3 Å². The molecule has 1 amide bonds. The molecule has 29 heavy (non-hydrogen) atoms. The second kappa shape index (κ2) is 7.31. The lowest BCUT2D eigenvalue weighted by atomic mass is 10.1. The number of nitrogens with zero attached hydrogens (tertiary/aromatic N) is 3. The number of carbonyl (C=O) groups is 1. The summed E-state index contributed by atoms with van der Waals surface area (Å²) in [6.07, 6.45) is -0.0782. The molecule has 0 aliphatic rings. The Morgan fingerprint density at radius 2 is 1.93 bits per heavy atom. The van der Waals surface area contributed by atoms with Gasteiger partial charge in [-0.1, -0.05) is 12.1 Å². The molecule has 0 saturated carbocycles. The fourth-order valence-electron chi connectivity index (χ4n) is 3.06. The van der Waals surface area contributed by atoms with Crippen molar-refractivity contribution in [3.63, 3.8) is 0 Å². The van der Waals surface area contributed by atoms with Crippen LogP contribution < -0.4 is 10.9 Å². The largest absolute Gasteiger partial charge is 0.325 e. The lowest BCUT2D eigenvalue weighted by Gasteiger charge is -2.10. The van der Waals surface area contributed by atoms with Crippen LogP contribution in [-0.2, 0) is 11.2 Å². The number of hydrogen-bond donors (Lipinski definition) is 2. The summed E-state index contributed by atoms with van der Waals surface area (Å²) in [7, 11) is 0. The first kappa shape index (κ1) is 18.5. The molecule has 7 nitrogen and oxygen atoms in total. The molecular formula is C21H18FN5O2. The van der Waals surface area contributed by atoms with Crippen molar-refractivity contribution >= 4 is 17.1 Å². The minimum atomic E-state index is -0.426. The van der Waals surface area contributed by atoms with Crippen LogP contribution in [0.3, 0.4) is 0 Å². The molecule has 0 aliphatic heterocycles. The highest BCUT2D eigenvalue weighted by Crippen LogP contribution is 2.20. The quantitative estimate of drug-likeness (QED) is 0.559. The number of amides is 1. The van der Waals surface area contributed by atoms with Gasteiger partial charge in [0.25, 0.3) is 5.56 Å². The third-order valence-electron chi connectivity index (χ3n) is 4.81. The van der Waals surface area contributed by atoms with Crippen LogP contribution in [0.1, 0.15) is 17.0 Å². The molecule has 2 heterocycles. The molecule has 0 atom stereocenters. The van der Waals surface area contributed by atoms with Gasteiger partial charge < -0.3 is 5.32 Å². The number of nitrogens with one attached hydrogen (secondary N) is 2. The third kappa shape index (κ3) is 3.64. The molecular weight excluding hydrogens is 373 g/mol. The SMILES string of the molecule is Cc1cccc(NC(=O)Cc2n[nH]c(=O)c3cc(-c4ccc(F)cc4)nn23)c1C. The number of aromatic nitrogens is 4. The Balaban J connectivity index is 1.66. The number of H-pyrrole nitrogens is 1. The van der Waals surface area contributed by atoms with E-state index in [1.807, 2.05) is 32.0 Å². The molecule has 0 spiro atoms. The number of aromatic amines is 1. The summed E-state index contributed by atoms with van der Waals surface area (Å²) in [6.45, 7) is 3.91. The maximum atomic E-state index is 13.2. The Morgan fingerprint density at radius 1 is 1.17 bits per heavy atom. The number of rotatable bonds is 4. The van der Waals surface area contributed by atoms with E-state index in [4.69, 9.17) is 0 Å². The van der Waals surface area contributed by atoms with E-state index in [-0.39, 0.29) is 29.5 Å². The number of fused-ring (bicyclic) bond motifs is 1. The number of hydrogen-bond acceptors (Lipinski definition) is 4. The maximum absolute atomic E-state index is 13.2. The number of carbonyl (C=O) groups excluding carboxylic acids is 1. The van der Waals surface area contributed by atoms with Crippen molar-refractivity contribution in [2.24, 2.45) is 0 Å². The molecule has 0 radical (unpaired) electrons. The van der Waals surface area contributed by atoms with E-state index in [1.165, 1.54) is 16.6 Å². The number of halogens is 1. The van der Waals surface area contributed by atoms with E-state index in [1.54, 1.807) is 18.2 Å². The summed E-state index contributed by atoms with van der Waals surface area (Å²) in [5, 5.41) is 13.7. The first-order valence-electron chi connectivity index (χ1n) is 9.02. The van der Waals surface area contributed by atoms with E-state index in [2.05, 4.69) is 20.6 Å². The molecule has 146 valence electrons. The standard InChI is InChI=1S/C21H18FN5O2/c1-12-4-3-5-16(13(12)2)23-20(28)11-19-24-25-21(29)18-10-17(26-27(18)19)14-6-8-15(22)9-7-14/h3-10H,11H2,1-2H3,(H,23,28)(H,25,29). The topological polar surface area (TPSA) is 92.1 Å². The Bertz CT molecular complexity index is 1270. The lowest BCUT2D eigenvalue weighted by Crippen LogP contribution is -2.22. The Hall–Kier alpha value is -3.81. The molecule has 0 aliphatic carbocycles. The molecule has 0 bridgehead atoms. The summed E-state index contributed by atoms with van der Waals surface area (Å²) in [6, 6.07) is 13.0. The van der Waals surface area contributed by atoms with Crippen LogP contribution in [0.5, 0.6) is 0 Å². The Labute approximate surface area is 165 Å². The van der Waals surface area contributed by atoms with Crippen molar-refractivity contribution in [3.05, 3.63) is 81.7 Å². The first-order valence-corrected chi connectivity index (χ1v) is 9.02. The molecule has 2 N–H and O–H groups in total. The second-order valence-corrected chi connectivity index (χ2v) is 6.77. The molecule has 2 aromatic heterocycles. The van der Waals surface area contributed by atoms with E-state index in [0.717, 1.165) is 16.8 Å². The number of anilines is 1. The fourth-order valence-corrected chi connectivity index (χ4v) is 3.06. The van der Waals surface area contributed by atoms with Crippen molar-refractivity contribution in [3.8, 4) is 11.3 Å². The number of benzene rings is 2. The highest BCUT2D eigenvalue weighted by atomic mass is 19.1. The summed E-state index contributed by atoms with van der Waals surface area (Å²) < 4.78 is 14.5. The van der Waals surface area contributed by atoms with Gasteiger partial charge >= 0.3 is 0 Å². The Kier molecular flexibility index (Phi) is 4.67. The van der Waals surface area contributed by atoms with Crippen molar-refractivity contribution in [1.29, 1.82) is 0 Å². The highest BCUT2D eigenvalue weighted by molar-refractivity contribution is 5.92. The summed E-state index contributed by atoms with van der Waals surface area (Å²) in [5.74, 6) is -0.352. The van der Waals surface area contributed by atoms with E-state index in [9.17, 15) is 14.0 Å². The average molecular weight is 391 g/mol. The molecule has 0 fully saturated rings. The predicted molar refractivity (Wildman–Crippen MR) is 107 cm³/mol. The van der Waals surface area contributed by atoms with Crippen molar-refractivity contribution in [2.45, 2.75) is 20.3 Å². The first-order chi connectivity index (χ1) is 13.9. The van der Waals surface area contributed by atoms with Gasteiger partial charge in [-0.3, -0.25) is 9.59 Å². The van der Waals surface area contributed by atoms with Gasteiger partial charge in [-0.25, -0.2) is 14.0 Å². The van der Waals surface area contributed by atoms with E-state index in [0.29, 0.717) is 11.3 Å². The van der Waals surface area contributed by atoms with Gasteiger partial charge in [-0.15, -0.1) is 0 Å². The molecule has 4 rings (SSSR count). The van der Waals surface area contributed by atoms with Crippen LogP contribution in [0.25, 0.3) is 16.8 Å². The summed E-state index contributed by atoms with van der Waals surface area (Å²) in [5.41, 5.74) is 3.75. The average Bonchev–Trinajstić information content (AvgIpc) is 3.15. The van der Waals surface area contributed by atoms with Gasteiger partial charge in [0, 0.05) is 11.3 Å². The predicted octanol–water partition coefficient (Wildman–Crippen LogP) is 3.02. The molecule has 2 aromatic carbocycles.